The fraction of sp³-hybridized carbons (Fsp3) is 0. The van der Waals surface area contributed by atoms with Crippen LogP contribution in [-0.4, -0.2) is 6.41 Å². The quantitative estimate of drug-likeness (QED) is 0.728. The molecule has 2 nitrogen and oxygen atoms in total. The van der Waals surface area contributed by atoms with Crippen LogP contribution in [0.2, 0.25) is 0 Å². The first kappa shape index (κ1) is 12.4. The molecule has 0 spiro atoms. The highest BCUT2D eigenvalue weighted by Gasteiger charge is 1.84. The Morgan fingerprint density at radius 1 is 1.50 bits per heavy atom. The fourth-order valence-electron chi connectivity index (χ4n) is 0.415. The van der Waals surface area contributed by atoms with E-state index in [0.717, 1.165) is 5.69 Å². The Morgan fingerprint density at radius 3 is 2.60 bits per heavy atom. The molecule has 0 aromatic carbocycles. The minimum absolute atomic E-state index is 0. The maximum atomic E-state index is 9.77. The molecule has 0 bridgehead atoms. The lowest BCUT2D eigenvalue weighted by atomic mass is 10.5. The Hall–Kier alpha value is -0.250. The van der Waals surface area contributed by atoms with Crippen molar-refractivity contribution in [1.82, 2.24) is 0 Å². The molecule has 1 heterocycles. The maximum absolute atomic E-state index is 9.77. The molecule has 0 saturated carbocycles. The second kappa shape index (κ2) is 6.86. The highest BCUT2D eigenvalue weighted by atomic mass is 35.5. The Kier molecular flexibility index (Phi) is 8.53. The standard InChI is InChI=1S/C5H5NOS.2ClH/c7-4-6-5-1-2-8-3-5;;/h1-4H,(H,6,7);2*1H. The molecule has 0 saturated heterocycles. The summed E-state index contributed by atoms with van der Waals surface area (Å²) in [6.45, 7) is 0. The van der Waals surface area contributed by atoms with Crippen LogP contribution in [0.1, 0.15) is 0 Å². The van der Waals surface area contributed by atoms with Crippen LogP contribution in [-0.2, 0) is 4.79 Å². The highest BCUT2D eigenvalue weighted by Crippen LogP contribution is 2.09. The van der Waals surface area contributed by atoms with Crippen LogP contribution >= 0.6 is 36.2 Å². The van der Waals surface area contributed by atoms with Crippen LogP contribution < -0.4 is 5.32 Å². The number of nitrogens with one attached hydrogen (secondary N) is 1. The number of hydrogen-bond acceptors (Lipinski definition) is 2. The lowest BCUT2D eigenvalue weighted by molar-refractivity contribution is -0.105. The van der Waals surface area contributed by atoms with Crippen molar-refractivity contribution >= 4 is 48.2 Å². The zero-order chi connectivity index (χ0) is 5.82. The van der Waals surface area contributed by atoms with Gasteiger partial charge in [-0.05, 0) is 11.4 Å². The molecule has 0 aliphatic carbocycles. The average molecular weight is 200 g/mol. The molecular weight excluding hydrogens is 193 g/mol. The Labute approximate surface area is 75.5 Å². The topological polar surface area (TPSA) is 29.1 Å². The molecule has 1 aromatic heterocycles. The van der Waals surface area contributed by atoms with E-state index in [0.29, 0.717) is 6.41 Å². The second-order valence-electron chi connectivity index (χ2n) is 1.27. The Balaban J connectivity index is 0. The van der Waals surface area contributed by atoms with Crippen molar-refractivity contribution in [3.8, 4) is 0 Å². The summed E-state index contributed by atoms with van der Waals surface area (Å²) in [5.41, 5.74) is 0.866. The van der Waals surface area contributed by atoms with Crippen LogP contribution in [0.25, 0.3) is 0 Å². The van der Waals surface area contributed by atoms with Crippen molar-refractivity contribution in [3.05, 3.63) is 16.8 Å². The molecule has 1 rings (SSSR count). The molecule has 58 valence electrons. The molecule has 0 unspecified atom stereocenters. The SMILES string of the molecule is Cl.Cl.O=CNc1ccsc1. The van der Waals surface area contributed by atoms with Crippen LogP contribution in [0, 0.1) is 0 Å². The third-order valence-corrected chi connectivity index (χ3v) is 1.43. The third kappa shape index (κ3) is 3.71. The number of anilines is 1. The van der Waals surface area contributed by atoms with E-state index in [9.17, 15) is 4.79 Å². The van der Waals surface area contributed by atoms with Gasteiger partial charge in [0.1, 0.15) is 0 Å². The van der Waals surface area contributed by atoms with E-state index in [1.165, 1.54) is 0 Å². The van der Waals surface area contributed by atoms with Crippen molar-refractivity contribution in [3.63, 3.8) is 0 Å². The second-order valence-corrected chi connectivity index (χ2v) is 2.05. The van der Waals surface area contributed by atoms with Gasteiger partial charge < -0.3 is 5.32 Å². The maximum Gasteiger partial charge on any atom is 0.211 e. The molecule has 0 fully saturated rings. The zero-order valence-corrected chi connectivity index (χ0v) is 7.39. The lowest BCUT2D eigenvalue weighted by Gasteiger charge is -1.85. The van der Waals surface area contributed by atoms with Crippen molar-refractivity contribution in [2.45, 2.75) is 0 Å². The molecule has 0 aliphatic rings. The minimum atomic E-state index is 0. The predicted octanol–water partition coefficient (Wildman–Crippen LogP) is 2.16. The summed E-state index contributed by atoms with van der Waals surface area (Å²) in [6, 6.07) is 1.85. The van der Waals surface area contributed by atoms with E-state index in [1.807, 2.05) is 16.8 Å². The van der Waals surface area contributed by atoms with Gasteiger partial charge in [-0.25, -0.2) is 0 Å². The first-order chi connectivity index (χ1) is 3.93. The summed E-state index contributed by atoms with van der Waals surface area (Å²) in [4.78, 5) is 9.77. The summed E-state index contributed by atoms with van der Waals surface area (Å²) < 4.78 is 0. The minimum Gasteiger partial charge on any atom is -0.328 e. The average Bonchev–Trinajstić information content (AvgIpc) is 2.19. The van der Waals surface area contributed by atoms with Gasteiger partial charge >= 0.3 is 0 Å². The number of carbonyl (C=O) groups excluding carboxylic acids is 1. The van der Waals surface area contributed by atoms with Gasteiger partial charge in [-0.3, -0.25) is 4.79 Å². The summed E-state index contributed by atoms with van der Waals surface area (Å²) in [6.07, 6.45) is 0.669. The van der Waals surface area contributed by atoms with Gasteiger partial charge in [0.25, 0.3) is 0 Å². The Bertz CT molecular complexity index is 166. The van der Waals surface area contributed by atoms with Crippen LogP contribution in [0.15, 0.2) is 16.8 Å². The van der Waals surface area contributed by atoms with E-state index in [4.69, 9.17) is 0 Å². The van der Waals surface area contributed by atoms with E-state index in [-0.39, 0.29) is 24.8 Å². The molecule has 10 heavy (non-hydrogen) atoms. The van der Waals surface area contributed by atoms with Crippen LogP contribution in [0.3, 0.4) is 0 Å². The summed E-state index contributed by atoms with van der Waals surface area (Å²) in [7, 11) is 0. The van der Waals surface area contributed by atoms with Gasteiger partial charge in [-0.1, -0.05) is 0 Å². The van der Waals surface area contributed by atoms with Crippen LogP contribution in [0.4, 0.5) is 5.69 Å². The van der Waals surface area contributed by atoms with Gasteiger partial charge in [0.05, 0.1) is 5.69 Å². The van der Waals surface area contributed by atoms with Gasteiger partial charge in [0, 0.05) is 5.38 Å². The Morgan fingerprint density at radius 2 is 2.20 bits per heavy atom. The van der Waals surface area contributed by atoms with E-state index in [2.05, 4.69) is 5.32 Å². The number of amides is 1. The smallest absolute Gasteiger partial charge is 0.211 e. The number of thiophene rings is 1. The number of halogens is 2. The third-order valence-electron chi connectivity index (χ3n) is 0.747. The van der Waals surface area contributed by atoms with E-state index < -0.39 is 0 Å². The summed E-state index contributed by atoms with van der Waals surface area (Å²) >= 11 is 1.56. The monoisotopic (exact) mass is 199 g/mol. The summed E-state index contributed by atoms with van der Waals surface area (Å²) in [5.74, 6) is 0. The molecule has 1 aromatic rings. The molecule has 5 heteroatoms. The normalized spacial score (nSPS) is 6.80. The van der Waals surface area contributed by atoms with E-state index >= 15 is 0 Å². The largest absolute Gasteiger partial charge is 0.328 e. The van der Waals surface area contributed by atoms with Crippen molar-refractivity contribution < 1.29 is 4.79 Å². The zero-order valence-electron chi connectivity index (χ0n) is 4.94. The van der Waals surface area contributed by atoms with Crippen molar-refractivity contribution in [1.29, 1.82) is 0 Å². The van der Waals surface area contributed by atoms with Gasteiger partial charge in [0.2, 0.25) is 6.41 Å². The lowest BCUT2D eigenvalue weighted by Crippen LogP contribution is -1.89. The molecule has 0 atom stereocenters. The van der Waals surface area contributed by atoms with Crippen molar-refractivity contribution in [2.24, 2.45) is 0 Å². The van der Waals surface area contributed by atoms with Gasteiger partial charge in [-0.15, -0.1) is 24.8 Å². The highest BCUT2D eigenvalue weighted by molar-refractivity contribution is 7.08. The number of rotatable bonds is 2. The fourth-order valence-corrected chi connectivity index (χ4v) is 1.01. The number of carbonyl (C=O) groups is 1. The van der Waals surface area contributed by atoms with Crippen molar-refractivity contribution in [2.75, 3.05) is 5.32 Å². The predicted molar refractivity (Wildman–Crippen MR) is 48.5 cm³/mol. The molecule has 0 radical (unpaired) electrons. The molecular formula is C5H7Cl2NOS. The number of hydrogen-bond donors (Lipinski definition) is 1. The summed E-state index contributed by atoms with van der Waals surface area (Å²) in [5, 5.41) is 6.30. The molecule has 1 N–H and O–H groups in total. The first-order valence-corrected chi connectivity index (χ1v) is 3.10. The van der Waals surface area contributed by atoms with Crippen LogP contribution in [0.5, 0.6) is 0 Å². The molecule has 1 amide bonds. The first-order valence-electron chi connectivity index (χ1n) is 2.16. The van der Waals surface area contributed by atoms with Gasteiger partial charge in [-0.2, -0.15) is 11.3 Å². The van der Waals surface area contributed by atoms with E-state index in [1.54, 1.807) is 11.3 Å². The molecule has 0 aliphatic heterocycles. The van der Waals surface area contributed by atoms with Gasteiger partial charge in [0.15, 0.2) is 0 Å².